The predicted octanol–water partition coefficient (Wildman–Crippen LogP) is 2.27. The van der Waals surface area contributed by atoms with Crippen LogP contribution < -0.4 is 0 Å². The Morgan fingerprint density at radius 1 is 1.40 bits per heavy atom. The molecule has 0 radical (unpaired) electrons. The first-order valence-corrected chi connectivity index (χ1v) is 4.96. The van der Waals surface area contributed by atoms with Crippen molar-refractivity contribution in [2.45, 2.75) is 13.3 Å². The van der Waals surface area contributed by atoms with Crippen LogP contribution in [0.1, 0.15) is 12.6 Å². The molecule has 1 aromatic heterocycles. The van der Waals surface area contributed by atoms with Gasteiger partial charge in [0.25, 0.3) is 0 Å². The average Bonchev–Trinajstić information content (AvgIpc) is 2.59. The molecule has 0 spiro atoms. The molecule has 0 amide bonds. The molecule has 0 unspecified atom stereocenters. The molecule has 0 aliphatic heterocycles. The van der Waals surface area contributed by atoms with Gasteiger partial charge in [0, 0.05) is 24.6 Å². The molecule has 1 aromatic carbocycles. The molecule has 3 heteroatoms. The van der Waals surface area contributed by atoms with Crippen LogP contribution in [0.4, 0.5) is 0 Å². The Morgan fingerprint density at radius 3 is 2.93 bits per heavy atom. The maximum atomic E-state index is 10.6. The normalized spacial score (nSPS) is 10.5. The Labute approximate surface area is 88.1 Å². The van der Waals surface area contributed by atoms with Crippen LogP contribution in [0.2, 0.25) is 0 Å². The molecule has 0 saturated heterocycles. The van der Waals surface area contributed by atoms with E-state index in [1.807, 2.05) is 18.2 Å². The van der Waals surface area contributed by atoms with E-state index in [2.05, 4.69) is 17.1 Å². The molecule has 0 saturated carbocycles. The first-order valence-electron chi connectivity index (χ1n) is 4.96. The lowest BCUT2D eigenvalue weighted by Crippen LogP contribution is -2.03. The molecule has 1 N–H and O–H groups in total. The second-order valence-corrected chi connectivity index (χ2v) is 3.47. The molecule has 0 fully saturated rings. The third-order valence-electron chi connectivity index (χ3n) is 2.26. The van der Waals surface area contributed by atoms with E-state index in [-0.39, 0.29) is 5.97 Å². The van der Waals surface area contributed by atoms with Gasteiger partial charge in [0.05, 0.1) is 6.61 Å². The number of nitrogens with one attached hydrogen (secondary N) is 1. The van der Waals surface area contributed by atoms with Crippen LogP contribution in [0.3, 0.4) is 0 Å². The number of ether oxygens (including phenoxy) is 1. The van der Waals surface area contributed by atoms with Gasteiger partial charge in [-0.05, 0) is 17.5 Å². The van der Waals surface area contributed by atoms with Gasteiger partial charge in [-0.25, -0.2) is 0 Å². The van der Waals surface area contributed by atoms with E-state index in [1.54, 1.807) is 0 Å². The van der Waals surface area contributed by atoms with Crippen molar-refractivity contribution >= 4 is 16.9 Å². The third kappa shape index (κ3) is 2.37. The number of H-pyrrole nitrogens is 1. The summed E-state index contributed by atoms with van der Waals surface area (Å²) in [5, 5.41) is 1.19. The first kappa shape index (κ1) is 9.77. The number of esters is 1. The summed E-state index contributed by atoms with van der Waals surface area (Å²) in [6.07, 6.45) is 0.730. The first-order chi connectivity index (χ1) is 7.25. The zero-order valence-electron chi connectivity index (χ0n) is 8.62. The summed E-state index contributed by atoms with van der Waals surface area (Å²) in [7, 11) is 0. The molecule has 3 nitrogen and oxygen atoms in total. The van der Waals surface area contributed by atoms with Gasteiger partial charge < -0.3 is 9.72 Å². The molecule has 15 heavy (non-hydrogen) atoms. The van der Waals surface area contributed by atoms with E-state index in [1.165, 1.54) is 12.3 Å². The van der Waals surface area contributed by atoms with Crippen molar-refractivity contribution in [2.75, 3.05) is 6.61 Å². The SMILES string of the molecule is CC(=O)OCCc1cc2ccccc2[nH]1. The van der Waals surface area contributed by atoms with Crippen LogP contribution in [-0.2, 0) is 16.0 Å². The molecular weight excluding hydrogens is 190 g/mol. The number of rotatable bonds is 3. The largest absolute Gasteiger partial charge is 0.465 e. The summed E-state index contributed by atoms with van der Waals surface area (Å²) in [6.45, 7) is 1.85. The number of carbonyl (C=O) groups is 1. The predicted molar refractivity (Wildman–Crippen MR) is 58.6 cm³/mol. The lowest BCUT2D eigenvalue weighted by molar-refractivity contribution is -0.140. The second-order valence-electron chi connectivity index (χ2n) is 3.47. The Bertz CT molecular complexity index is 440. The van der Waals surface area contributed by atoms with Crippen LogP contribution in [0.5, 0.6) is 0 Å². The summed E-state index contributed by atoms with van der Waals surface area (Å²) < 4.78 is 4.88. The maximum absolute atomic E-state index is 10.6. The number of aromatic amines is 1. The standard InChI is InChI=1S/C12H13NO2/c1-9(14)15-7-6-11-8-10-4-2-3-5-12(10)13-11/h2-5,8,13H,6-7H2,1H3. The number of para-hydroxylation sites is 1. The van der Waals surface area contributed by atoms with E-state index in [0.29, 0.717) is 6.61 Å². The fourth-order valence-electron chi connectivity index (χ4n) is 1.57. The van der Waals surface area contributed by atoms with E-state index >= 15 is 0 Å². The Balaban J connectivity index is 2.05. The fraction of sp³-hybridized carbons (Fsp3) is 0.250. The van der Waals surface area contributed by atoms with Crippen molar-refractivity contribution in [2.24, 2.45) is 0 Å². The third-order valence-corrected chi connectivity index (χ3v) is 2.26. The summed E-state index contributed by atoms with van der Waals surface area (Å²) in [5.41, 5.74) is 2.22. The number of carbonyl (C=O) groups excluding carboxylic acids is 1. The second kappa shape index (κ2) is 4.17. The highest BCUT2D eigenvalue weighted by atomic mass is 16.5. The summed E-state index contributed by atoms with van der Waals surface area (Å²) in [5.74, 6) is -0.230. The van der Waals surface area contributed by atoms with Gasteiger partial charge in [0.15, 0.2) is 0 Å². The van der Waals surface area contributed by atoms with E-state index in [0.717, 1.165) is 17.6 Å². The lowest BCUT2D eigenvalue weighted by Gasteiger charge is -1.98. The summed E-state index contributed by atoms with van der Waals surface area (Å²) >= 11 is 0. The smallest absolute Gasteiger partial charge is 0.302 e. The molecular formula is C12H13NO2. The summed E-state index contributed by atoms with van der Waals surface area (Å²) in [6, 6.07) is 10.2. The lowest BCUT2D eigenvalue weighted by atomic mass is 10.2. The quantitative estimate of drug-likeness (QED) is 0.777. The van der Waals surface area contributed by atoms with Gasteiger partial charge in [-0.1, -0.05) is 18.2 Å². The minimum Gasteiger partial charge on any atom is -0.465 e. The van der Waals surface area contributed by atoms with Crippen LogP contribution in [-0.4, -0.2) is 17.6 Å². The molecule has 78 valence electrons. The van der Waals surface area contributed by atoms with Crippen LogP contribution in [0.15, 0.2) is 30.3 Å². The van der Waals surface area contributed by atoms with Gasteiger partial charge in [0.1, 0.15) is 0 Å². The number of hydrogen-bond donors (Lipinski definition) is 1. The van der Waals surface area contributed by atoms with Gasteiger partial charge in [-0.15, -0.1) is 0 Å². The topological polar surface area (TPSA) is 42.1 Å². The Morgan fingerprint density at radius 2 is 2.20 bits per heavy atom. The molecule has 2 aromatic rings. The van der Waals surface area contributed by atoms with Crippen LogP contribution >= 0.6 is 0 Å². The highest BCUT2D eigenvalue weighted by molar-refractivity contribution is 5.80. The van der Waals surface area contributed by atoms with Gasteiger partial charge >= 0.3 is 5.97 Å². The van der Waals surface area contributed by atoms with E-state index < -0.39 is 0 Å². The van der Waals surface area contributed by atoms with Crippen molar-refractivity contribution in [3.8, 4) is 0 Å². The molecule has 0 aliphatic carbocycles. The van der Waals surface area contributed by atoms with Crippen LogP contribution in [0.25, 0.3) is 10.9 Å². The van der Waals surface area contributed by atoms with Gasteiger partial charge in [-0.2, -0.15) is 0 Å². The number of fused-ring (bicyclic) bond motifs is 1. The number of aromatic nitrogens is 1. The minimum absolute atomic E-state index is 0.230. The number of benzene rings is 1. The molecule has 1 heterocycles. The zero-order valence-corrected chi connectivity index (χ0v) is 8.62. The van der Waals surface area contributed by atoms with Crippen molar-refractivity contribution in [3.63, 3.8) is 0 Å². The van der Waals surface area contributed by atoms with Crippen molar-refractivity contribution in [1.82, 2.24) is 4.98 Å². The highest BCUT2D eigenvalue weighted by Crippen LogP contribution is 2.14. The molecule has 0 atom stereocenters. The van der Waals surface area contributed by atoms with E-state index in [9.17, 15) is 4.79 Å². The zero-order chi connectivity index (χ0) is 10.7. The Kier molecular flexibility index (Phi) is 2.72. The summed E-state index contributed by atoms with van der Waals surface area (Å²) in [4.78, 5) is 13.9. The molecule has 0 aliphatic rings. The molecule has 2 rings (SSSR count). The van der Waals surface area contributed by atoms with Crippen LogP contribution in [0, 0.1) is 0 Å². The maximum Gasteiger partial charge on any atom is 0.302 e. The van der Waals surface area contributed by atoms with Crippen molar-refractivity contribution < 1.29 is 9.53 Å². The fourth-order valence-corrected chi connectivity index (χ4v) is 1.57. The van der Waals surface area contributed by atoms with Crippen molar-refractivity contribution in [3.05, 3.63) is 36.0 Å². The van der Waals surface area contributed by atoms with Gasteiger partial charge in [0.2, 0.25) is 0 Å². The minimum atomic E-state index is -0.230. The van der Waals surface area contributed by atoms with Gasteiger partial charge in [-0.3, -0.25) is 4.79 Å². The van der Waals surface area contributed by atoms with E-state index in [4.69, 9.17) is 4.74 Å². The average molecular weight is 203 g/mol. The highest BCUT2D eigenvalue weighted by Gasteiger charge is 2.00. The Hall–Kier alpha value is -1.77. The monoisotopic (exact) mass is 203 g/mol. The molecule has 0 bridgehead atoms. The number of hydrogen-bond acceptors (Lipinski definition) is 2. The van der Waals surface area contributed by atoms with Crippen molar-refractivity contribution in [1.29, 1.82) is 0 Å².